The molecule has 5 heteroatoms. The molecule has 0 bridgehead atoms. The van der Waals surface area contributed by atoms with Crippen molar-refractivity contribution in [1.29, 1.82) is 0 Å². The molecule has 1 atom stereocenters. The van der Waals surface area contributed by atoms with Crippen LogP contribution in [0.2, 0.25) is 0 Å². The second-order valence-electron chi connectivity index (χ2n) is 5.52. The predicted octanol–water partition coefficient (Wildman–Crippen LogP) is 2.43. The van der Waals surface area contributed by atoms with Crippen molar-refractivity contribution in [3.63, 3.8) is 0 Å². The van der Waals surface area contributed by atoms with Crippen LogP contribution in [0, 0.1) is 5.92 Å². The first-order valence-corrected chi connectivity index (χ1v) is 8.52. The second kappa shape index (κ2) is 6.78. The first-order chi connectivity index (χ1) is 9.52. The number of anilines is 1. The molecule has 110 valence electrons. The fourth-order valence-corrected chi connectivity index (χ4v) is 3.83. The highest BCUT2D eigenvalue weighted by molar-refractivity contribution is 7.98. The molecule has 2 N–H and O–H groups in total. The zero-order valence-corrected chi connectivity index (χ0v) is 14.1. The monoisotopic (exact) mass is 309 g/mol. The Morgan fingerprint density at radius 1 is 1.55 bits per heavy atom. The SMILES string of the molecule is CSc1cccc(N(C)CC2CCN(C)C2)c1C(N)=S. The Balaban J connectivity index is 2.20. The lowest BCUT2D eigenvalue weighted by atomic mass is 10.1. The number of rotatable bonds is 5. The number of hydrogen-bond acceptors (Lipinski definition) is 4. The van der Waals surface area contributed by atoms with Gasteiger partial charge in [0.05, 0.1) is 0 Å². The summed E-state index contributed by atoms with van der Waals surface area (Å²) in [7, 11) is 4.33. The Hall–Kier alpha value is -0.780. The average Bonchev–Trinajstić information content (AvgIpc) is 2.82. The fourth-order valence-electron chi connectivity index (χ4n) is 2.92. The summed E-state index contributed by atoms with van der Waals surface area (Å²) in [5, 5.41) is 0. The van der Waals surface area contributed by atoms with E-state index in [1.807, 2.05) is 0 Å². The van der Waals surface area contributed by atoms with Crippen LogP contribution in [-0.4, -0.2) is 49.9 Å². The lowest BCUT2D eigenvalue weighted by Crippen LogP contribution is -2.29. The topological polar surface area (TPSA) is 32.5 Å². The molecule has 1 aliphatic heterocycles. The molecule has 0 aromatic heterocycles. The molecule has 3 nitrogen and oxygen atoms in total. The lowest BCUT2D eigenvalue weighted by molar-refractivity contribution is 0.396. The third kappa shape index (κ3) is 3.45. The normalized spacial score (nSPS) is 19.2. The van der Waals surface area contributed by atoms with E-state index < -0.39 is 0 Å². The van der Waals surface area contributed by atoms with E-state index in [9.17, 15) is 0 Å². The van der Waals surface area contributed by atoms with E-state index in [0.29, 0.717) is 4.99 Å². The summed E-state index contributed by atoms with van der Waals surface area (Å²) in [5.41, 5.74) is 8.11. The van der Waals surface area contributed by atoms with Gasteiger partial charge in [0.1, 0.15) is 4.99 Å². The summed E-state index contributed by atoms with van der Waals surface area (Å²) in [5.74, 6) is 0.724. The molecular weight excluding hydrogens is 286 g/mol. The number of nitrogens with zero attached hydrogens (tertiary/aromatic N) is 2. The van der Waals surface area contributed by atoms with Gasteiger partial charge in [-0.05, 0) is 44.3 Å². The highest BCUT2D eigenvalue weighted by Gasteiger charge is 2.22. The Kier molecular flexibility index (Phi) is 5.29. The van der Waals surface area contributed by atoms with Crippen LogP contribution in [0.4, 0.5) is 5.69 Å². The number of benzene rings is 1. The molecule has 1 heterocycles. The number of thioether (sulfide) groups is 1. The van der Waals surface area contributed by atoms with E-state index in [1.165, 1.54) is 19.5 Å². The van der Waals surface area contributed by atoms with Crippen LogP contribution in [0.5, 0.6) is 0 Å². The molecule has 20 heavy (non-hydrogen) atoms. The number of hydrogen-bond donors (Lipinski definition) is 1. The first-order valence-electron chi connectivity index (χ1n) is 6.89. The summed E-state index contributed by atoms with van der Waals surface area (Å²) in [6.07, 6.45) is 3.33. The van der Waals surface area contributed by atoms with Gasteiger partial charge in [0, 0.05) is 36.3 Å². The molecule has 0 amide bonds. The van der Waals surface area contributed by atoms with Crippen molar-refractivity contribution in [3.8, 4) is 0 Å². The summed E-state index contributed by atoms with van der Waals surface area (Å²) < 4.78 is 0. The number of likely N-dealkylation sites (tertiary alicyclic amines) is 1. The van der Waals surface area contributed by atoms with Gasteiger partial charge in [0.2, 0.25) is 0 Å². The molecular formula is C15H23N3S2. The van der Waals surface area contributed by atoms with Crippen LogP contribution in [-0.2, 0) is 0 Å². The van der Waals surface area contributed by atoms with Crippen molar-refractivity contribution < 1.29 is 0 Å². The maximum Gasteiger partial charge on any atom is 0.107 e. The second-order valence-corrected chi connectivity index (χ2v) is 6.80. The third-order valence-electron chi connectivity index (χ3n) is 3.90. The molecule has 1 saturated heterocycles. The van der Waals surface area contributed by atoms with Crippen molar-refractivity contribution in [2.75, 3.05) is 44.9 Å². The van der Waals surface area contributed by atoms with Gasteiger partial charge in [-0.15, -0.1) is 11.8 Å². The van der Waals surface area contributed by atoms with Gasteiger partial charge in [0.25, 0.3) is 0 Å². The summed E-state index contributed by atoms with van der Waals surface area (Å²) in [4.78, 5) is 6.34. The lowest BCUT2D eigenvalue weighted by Gasteiger charge is -2.26. The quantitative estimate of drug-likeness (QED) is 0.667. The van der Waals surface area contributed by atoms with Crippen LogP contribution in [0.1, 0.15) is 12.0 Å². The summed E-state index contributed by atoms with van der Waals surface area (Å²) >= 11 is 6.95. The minimum absolute atomic E-state index is 0.486. The zero-order chi connectivity index (χ0) is 14.7. The zero-order valence-electron chi connectivity index (χ0n) is 12.4. The molecule has 0 spiro atoms. The van der Waals surface area contributed by atoms with E-state index in [4.69, 9.17) is 18.0 Å². The van der Waals surface area contributed by atoms with E-state index in [1.54, 1.807) is 11.8 Å². The number of nitrogens with two attached hydrogens (primary N) is 1. The highest BCUT2D eigenvalue weighted by atomic mass is 32.2. The van der Waals surface area contributed by atoms with Crippen molar-refractivity contribution in [1.82, 2.24) is 4.90 Å². The van der Waals surface area contributed by atoms with Crippen LogP contribution < -0.4 is 10.6 Å². The maximum absolute atomic E-state index is 5.94. The molecule has 1 aromatic rings. The maximum atomic E-state index is 5.94. The minimum Gasteiger partial charge on any atom is -0.389 e. The standard InChI is InChI=1S/C15H23N3S2/c1-17-8-7-11(9-17)10-18(2)12-5-4-6-13(20-3)14(12)15(16)19/h4-6,11H,7-10H2,1-3H3,(H2,16,19). The van der Waals surface area contributed by atoms with Crippen LogP contribution in [0.15, 0.2) is 23.1 Å². The molecule has 1 aromatic carbocycles. The molecule has 0 aliphatic carbocycles. The minimum atomic E-state index is 0.486. The van der Waals surface area contributed by atoms with Crippen LogP contribution in [0.25, 0.3) is 0 Å². The van der Waals surface area contributed by atoms with E-state index >= 15 is 0 Å². The molecule has 1 fully saturated rings. The summed E-state index contributed by atoms with van der Waals surface area (Å²) in [6.45, 7) is 3.43. The Labute approximate surface area is 131 Å². The Morgan fingerprint density at radius 3 is 2.85 bits per heavy atom. The van der Waals surface area contributed by atoms with Gasteiger partial charge in [-0.2, -0.15) is 0 Å². The summed E-state index contributed by atoms with van der Waals surface area (Å²) in [6, 6.07) is 6.28. The molecule has 0 saturated carbocycles. The van der Waals surface area contributed by atoms with Gasteiger partial charge in [-0.25, -0.2) is 0 Å². The van der Waals surface area contributed by atoms with Gasteiger partial charge in [-0.3, -0.25) is 0 Å². The fraction of sp³-hybridized carbons (Fsp3) is 0.533. The molecule has 1 unspecified atom stereocenters. The Bertz CT molecular complexity index is 490. The number of thiocarbonyl (C=S) groups is 1. The molecule has 0 radical (unpaired) electrons. The van der Waals surface area contributed by atoms with Crippen molar-refractivity contribution in [2.24, 2.45) is 11.7 Å². The van der Waals surface area contributed by atoms with Crippen molar-refractivity contribution in [3.05, 3.63) is 23.8 Å². The average molecular weight is 310 g/mol. The van der Waals surface area contributed by atoms with E-state index in [-0.39, 0.29) is 0 Å². The van der Waals surface area contributed by atoms with Crippen LogP contribution >= 0.6 is 24.0 Å². The van der Waals surface area contributed by atoms with E-state index in [0.717, 1.165) is 28.6 Å². The van der Waals surface area contributed by atoms with Crippen LogP contribution in [0.3, 0.4) is 0 Å². The smallest absolute Gasteiger partial charge is 0.107 e. The first kappa shape index (κ1) is 15.6. The third-order valence-corrected chi connectivity index (χ3v) is 4.89. The van der Waals surface area contributed by atoms with Gasteiger partial charge in [0.15, 0.2) is 0 Å². The van der Waals surface area contributed by atoms with E-state index in [2.05, 4.69) is 48.4 Å². The molecule has 2 rings (SSSR count). The highest BCUT2D eigenvalue weighted by Crippen LogP contribution is 2.30. The predicted molar refractivity (Wildman–Crippen MR) is 93.0 cm³/mol. The van der Waals surface area contributed by atoms with Gasteiger partial charge >= 0.3 is 0 Å². The largest absolute Gasteiger partial charge is 0.389 e. The molecule has 1 aliphatic rings. The van der Waals surface area contributed by atoms with Crippen molar-refractivity contribution >= 4 is 34.7 Å². The Morgan fingerprint density at radius 2 is 2.30 bits per heavy atom. The van der Waals surface area contributed by atoms with Gasteiger partial charge < -0.3 is 15.5 Å². The van der Waals surface area contributed by atoms with Gasteiger partial charge in [-0.1, -0.05) is 18.3 Å². The van der Waals surface area contributed by atoms with Crippen molar-refractivity contribution in [2.45, 2.75) is 11.3 Å².